The van der Waals surface area contributed by atoms with Gasteiger partial charge in [0, 0.05) is 25.1 Å². The highest BCUT2D eigenvalue weighted by molar-refractivity contribution is 7.71. The van der Waals surface area contributed by atoms with Crippen molar-refractivity contribution in [2.45, 2.75) is 33.1 Å². The van der Waals surface area contributed by atoms with Gasteiger partial charge in [-0.3, -0.25) is 9.25 Å². The third kappa shape index (κ3) is 2.07. The van der Waals surface area contributed by atoms with Crippen molar-refractivity contribution in [2.75, 3.05) is 0 Å². The van der Waals surface area contributed by atoms with E-state index < -0.39 is 0 Å². The molecule has 2 heterocycles. The van der Waals surface area contributed by atoms with Gasteiger partial charge in [-0.05, 0) is 24.6 Å². The molecule has 0 spiro atoms. The van der Waals surface area contributed by atoms with Gasteiger partial charge in [0.25, 0.3) is 0 Å². The Bertz CT molecular complexity index is 574. The van der Waals surface area contributed by atoms with Crippen molar-refractivity contribution in [3.05, 3.63) is 28.6 Å². The van der Waals surface area contributed by atoms with Gasteiger partial charge in [0.05, 0.1) is 11.4 Å². The number of hydrogen-bond donors (Lipinski definition) is 1. The molecule has 0 saturated carbocycles. The van der Waals surface area contributed by atoms with E-state index in [0.29, 0.717) is 5.92 Å². The standard InChI is InChI=1S/C12H18N4S/c1-5-9-11(7-15(4)14-9)16-10(8(2)3)6-13-12(16)17/h6-8H,5H2,1-4H3,(H,13,17). The van der Waals surface area contributed by atoms with Crippen LogP contribution in [0.2, 0.25) is 0 Å². The molecule has 0 amide bonds. The molecule has 17 heavy (non-hydrogen) atoms. The summed E-state index contributed by atoms with van der Waals surface area (Å²) in [4.78, 5) is 3.12. The maximum atomic E-state index is 5.36. The zero-order valence-electron chi connectivity index (χ0n) is 10.7. The molecule has 0 aliphatic heterocycles. The van der Waals surface area contributed by atoms with E-state index in [1.807, 2.05) is 24.1 Å². The van der Waals surface area contributed by atoms with Crippen LogP contribution in [0.15, 0.2) is 12.4 Å². The molecule has 0 fully saturated rings. The van der Waals surface area contributed by atoms with Gasteiger partial charge in [0.2, 0.25) is 0 Å². The average Bonchev–Trinajstić information content (AvgIpc) is 2.81. The lowest BCUT2D eigenvalue weighted by Gasteiger charge is -2.10. The number of H-pyrrole nitrogens is 1. The Morgan fingerprint density at radius 2 is 2.18 bits per heavy atom. The Morgan fingerprint density at radius 3 is 2.76 bits per heavy atom. The molecule has 0 unspecified atom stereocenters. The zero-order valence-corrected chi connectivity index (χ0v) is 11.5. The predicted molar refractivity (Wildman–Crippen MR) is 71.2 cm³/mol. The quantitative estimate of drug-likeness (QED) is 0.851. The summed E-state index contributed by atoms with van der Waals surface area (Å²) >= 11 is 5.36. The first-order chi connectivity index (χ1) is 8.04. The third-order valence-electron chi connectivity index (χ3n) is 2.86. The van der Waals surface area contributed by atoms with E-state index in [1.54, 1.807) is 0 Å². The van der Waals surface area contributed by atoms with Gasteiger partial charge in [0.15, 0.2) is 4.77 Å². The van der Waals surface area contributed by atoms with Gasteiger partial charge in [-0.2, -0.15) is 5.10 Å². The summed E-state index contributed by atoms with van der Waals surface area (Å²) in [6.07, 6.45) is 4.91. The summed E-state index contributed by atoms with van der Waals surface area (Å²) < 4.78 is 4.66. The van der Waals surface area contributed by atoms with Crippen LogP contribution >= 0.6 is 12.2 Å². The van der Waals surface area contributed by atoms with Crippen molar-refractivity contribution < 1.29 is 0 Å². The van der Waals surface area contributed by atoms with E-state index >= 15 is 0 Å². The molecule has 2 aromatic heterocycles. The molecule has 1 N–H and O–H groups in total. The normalized spacial score (nSPS) is 11.4. The molecule has 0 bridgehead atoms. The number of hydrogen-bond acceptors (Lipinski definition) is 2. The number of nitrogens with zero attached hydrogens (tertiary/aromatic N) is 3. The smallest absolute Gasteiger partial charge is 0.182 e. The number of rotatable bonds is 3. The minimum atomic E-state index is 0.424. The number of imidazole rings is 1. The fourth-order valence-electron chi connectivity index (χ4n) is 2.02. The highest BCUT2D eigenvalue weighted by Gasteiger charge is 2.14. The summed E-state index contributed by atoms with van der Waals surface area (Å²) in [6, 6.07) is 0. The molecular weight excluding hydrogens is 232 g/mol. The van der Waals surface area contributed by atoms with Gasteiger partial charge in [0.1, 0.15) is 0 Å². The van der Waals surface area contributed by atoms with Crippen LogP contribution in [0.25, 0.3) is 5.69 Å². The third-order valence-corrected chi connectivity index (χ3v) is 3.16. The lowest BCUT2D eigenvalue weighted by molar-refractivity contribution is 0.746. The Hall–Kier alpha value is -1.36. The van der Waals surface area contributed by atoms with Crippen molar-refractivity contribution in [3.8, 4) is 5.69 Å². The number of nitrogens with one attached hydrogen (secondary N) is 1. The maximum Gasteiger partial charge on any atom is 0.182 e. The molecule has 92 valence electrons. The van der Waals surface area contributed by atoms with Crippen LogP contribution < -0.4 is 0 Å². The average molecular weight is 250 g/mol. The van der Waals surface area contributed by atoms with Crippen LogP contribution in [0, 0.1) is 4.77 Å². The van der Waals surface area contributed by atoms with Crippen LogP contribution in [-0.2, 0) is 13.5 Å². The lowest BCUT2D eigenvalue weighted by atomic mass is 10.1. The molecule has 2 aromatic rings. The summed E-state index contributed by atoms with van der Waals surface area (Å²) in [6.45, 7) is 6.43. The fraction of sp³-hybridized carbons (Fsp3) is 0.500. The topological polar surface area (TPSA) is 38.5 Å². The number of aryl methyl sites for hydroxylation is 2. The van der Waals surface area contributed by atoms with E-state index in [9.17, 15) is 0 Å². The summed E-state index contributed by atoms with van der Waals surface area (Å²) in [5.41, 5.74) is 3.35. The Labute approximate surface area is 106 Å². The van der Waals surface area contributed by atoms with E-state index in [4.69, 9.17) is 12.2 Å². The van der Waals surface area contributed by atoms with Gasteiger partial charge in [-0.15, -0.1) is 0 Å². The van der Waals surface area contributed by atoms with E-state index in [1.165, 1.54) is 5.69 Å². The Morgan fingerprint density at radius 1 is 1.47 bits per heavy atom. The number of aromatic nitrogens is 4. The first kappa shape index (κ1) is 12.1. The highest BCUT2D eigenvalue weighted by Crippen LogP contribution is 2.22. The van der Waals surface area contributed by atoms with E-state index in [0.717, 1.165) is 22.6 Å². The molecule has 4 nitrogen and oxygen atoms in total. The summed E-state index contributed by atoms with van der Waals surface area (Å²) in [5.74, 6) is 0.424. The summed E-state index contributed by atoms with van der Waals surface area (Å²) in [7, 11) is 1.94. The van der Waals surface area contributed by atoms with Crippen LogP contribution in [0.5, 0.6) is 0 Å². The van der Waals surface area contributed by atoms with Gasteiger partial charge in [-0.25, -0.2) is 0 Å². The Balaban J connectivity index is 2.67. The molecule has 0 atom stereocenters. The molecule has 2 rings (SSSR count). The first-order valence-corrected chi connectivity index (χ1v) is 6.28. The van der Waals surface area contributed by atoms with E-state index in [2.05, 4.69) is 35.4 Å². The summed E-state index contributed by atoms with van der Waals surface area (Å²) in [5, 5.41) is 4.46. The van der Waals surface area contributed by atoms with Crippen molar-refractivity contribution >= 4 is 12.2 Å². The molecule has 0 saturated heterocycles. The van der Waals surface area contributed by atoms with Crippen LogP contribution in [0.1, 0.15) is 38.1 Å². The van der Waals surface area contributed by atoms with Crippen molar-refractivity contribution in [1.82, 2.24) is 19.3 Å². The monoisotopic (exact) mass is 250 g/mol. The van der Waals surface area contributed by atoms with Crippen molar-refractivity contribution in [3.63, 3.8) is 0 Å². The van der Waals surface area contributed by atoms with Crippen LogP contribution in [0.4, 0.5) is 0 Å². The predicted octanol–water partition coefficient (Wildman–Crippen LogP) is 2.95. The fourth-order valence-corrected chi connectivity index (χ4v) is 2.28. The van der Waals surface area contributed by atoms with E-state index in [-0.39, 0.29) is 0 Å². The molecular formula is C12H18N4S. The molecule has 0 radical (unpaired) electrons. The molecule has 0 aromatic carbocycles. The van der Waals surface area contributed by atoms with Crippen LogP contribution in [0.3, 0.4) is 0 Å². The number of aromatic amines is 1. The second-order valence-electron chi connectivity index (χ2n) is 4.50. The second-order valence-corrected chi connectivity index (χ2v) is 4.88. The largest absolute Gasteiger partial charge is 0.337 e. The minimum absolute atomic E-state index is 0.424. The highest BCUT2D eigenvalue weighted by atomic mass is 32.1. The SMILES string of the molecule is CCc1nn(C)cc1-n1c(C(C)C)c[nH]c1=S. The van der Waals surface area contributed by atoms with Gasteiger partial charge in [-0.1, -0.05) is 20.8 Å². The van der Waals surface area contributed by atoms with Crippen molar-refractivity contribution in [2.24, 2.45) is 7.05 Å². The second kappa shape index (κ2) is 4.49. The molecule has 0 aliphatic rings. The first-order valence-electron chi connectivity index (χ1n) is 5.87. The van der Waals surface area contributed by atoms with Crippen LogP contribution in [-0.4, -0.2) is 19.3 Å². The van der Waals surface area contributed by atoms with Gasteiger partial charge >= 0.3 is 0 Å². The molecule has 0 aliphatic carbocycles. The van der Waals surface area contributed by atoms with Gasteiger partial charge < -0.3 is 4.98 Å². The lowest BCUT2D eigenvalue weighted by Crippen LogP contribution is -2.03. The zero-order chi connectivity index (χ0) is 12.6. The maximum absolute atomic E-state index is 5.36. The minimum Gasteiger partial charge on any atom is -0.337 e. The van der Waals surface area contributed by atoms with Crippen molar-refractivity contribution in [1.29, 1.82) is 0 Å². The molecule has 5 heteroatoms. The Kier molecular flexibility index (Phi) is 3.19.